The van der Waals surface area contributed by atoms with Crippen molar-refractivity contribution >= 4 is 33.4 Å². The second kappa shape index (κ2) is 9.11. The average Bonchev–Trinajstić information content (AvgIpc) is 2.74. The van der Waals surface area contributed by atoms with Crippen molar-refractivity contribution in [3.8, 4) is 0 Å². The van der Waals surface area contributed by atoms with Gasteiger partial charge in [0.05, 0.1) is 28.7 Å². The monoisotopic (exact) mass is 435 g/mol. The SMILES string of the molecule is O=C(/C=C/c1ccc(S(=O)(=O)N2CCOCC2)cc1)Nc1cc([N+](=O)[O-])ccc1F. The zero-order valence-corrected chi connectivity index (χ0v) is 16.5. The van der Waals surface area contributed by atoms with Crippen LogP contribution < -0.4 is 5.32 Å². The molecule has 0 saturated carbocycles. The molecule has 2 aromatic carbocycles. The van der Waals surface area contributed by atoms with Gasteiger partial charge in [0.15, 0.2) is 0 Å². The highest BCUT2D eigenvalue weighted by Crippen LogP contribution is 2.21. The summed E-state index contributed by atoms with van der Waals surface area (Å²) in [7, 11) is -3.61. The lowest BCUT2D eigenvalue weighted by molar-refractivity contribution is -0.384. The molecule has 0 aliphatic carbocycles. The number of amides is 1. The zero-order valence-electron chi connectivity index (χ0n) is 15.7. The maximum atomic E-state index is 13.7. The molecule has 1 aliphatic rings. The number of halogens is 1. The van der Waals surface area contributed by atoms with E-state index in [1.807, 2.05) is 0 Å². The predicted octanol–water partition coefficient (Wildman–Crippen LogP) is 2.41. The van der Waals surface area contributed by atoms with Crippen molar-refractivity contribution in [2.75, 3.05) is 31.6 Å². The fourth-order valence-corrected chi connectivity index (χ4v) is 4.16. The fourth-order valence-electron chi connectivity index (χ4n) is 2.76. The van der Waals surface area contributed by atoms with Gasteiger partial charge in [0.25, 0.3) is 5.69 Å². The molecule has 30 heavy (non-hydrogen) atoms. The molecule has 1 saturated heterocycles. The van der Waals surface area contributed by atoms with Crippen molar-refractivity contribution in [1.82, 2.24) is 4.31 Å². The Balaban J connectivity index is 1.67. The van der Waals surface area contributed by atoms with Gasteiger partial charge in [0, 0.05) is 31.3 Å². The molecule has 1 fully saturated rings. The van der Waals surface area contributed by atoms with Crippen LogP contribution in [0.5, 0.6) is 0 Å². The molecule has 11 heteroatoms. The van der Waals surface area contributed by atoms with Crippen LogP contribution in [0.4, 0.5) is 15.8 Å². The molecule has 1 heterocycles. The number of sulfonamides is 1. The van der Waals surface area contributed by atoms with Crippen molar-refractivity contribution in [3.05, 3.63) is 70.0 Å². The number of ether oxygens (including phenoxy) is 1. The number of anilines is 1. The largest absolute Gasteiger partial charge is 0.379 e. The van der Waals surface area contributed by atoms with Crippen LogP contribution in [0, 0.1) is 15.9 Å². The maximum absolute atomic E-state index is 13.7. The van der Waals surface area contributed by atoms with Crippen LogP contribution in [-0.4, -0.2) is 49.9 Å². The summed E-state index contributed by atoms with van der Waals surface area (Å²) in [6, 6.07) is 8.74. The topological polar surface area (TPSA) is 119 Å². The number of nitro groups is 1. The van der Waals surface area contributed by atoms with E-state index < -0.39 is 26.7 Å². The van der Waals surface area contributed by atoms with E-state index in [9.17, 15) is 27.7 Å². The highest BCUT2D eigenvalue weighted by Gasteiger charge is 2.25. The molecular weight excluding hydrogens is 417 g/mol. The number of carbonyl (C=O) groups excluding carboxylic acids is 1. The standard InChI is InChI=1S/C19H18FN3O6S/c20-17-7-4-15(23(25)26)13-18(17)21-19(24)8-3-14-1-5-16(6-2-14)30(27,28)22-9-11-29-12-10-22/h1-8,13H,9-12H2,(H,21,24)/b8-3+. The highest BCUT2D eigenvalue weighted by molar-refractivity contribution is 7.89. The first-order chi connectivity index (χ1) is 14.3. The van der Waals surface area contributed by atoms with Gasteiger partial charge in [-0.15, -0.1) is 0 Å². The second-order valence-electron chi connectivity index (χ2n) is 6.33. The molecule has 9 nitrogen and oxygen atoms in total. The smallest absolute Gasteiger partial charge is 0.271 e. The van der Waals surface area contributed by atoms with Gasteiger partial charge in [0.2, 0.25) is 15.9 Å². The minimum absolute atomic E-state index is 0.129. The minimum Gasteiger partial charge on any atom is -0.379 e. The van der Waals surface area contributed by atoms with E-state index in [4.69, 9.17) is 4.74 Å². The molecule has 1 N–H and O–H groups in total. The molecule has 0 aromatic heterocycles. The van der Waals surface area contributed by atoms with Crippen LogP contribution in [0.15, 0.2) is 53.4 Å². The number of nitro benzene ring substituents is 1. The summed E-state index contributed by atoms with van der Waals surface area (Å²) in [4.78, 5) is 22.2. The predicted molar refractivity (Wildman–Crippen MR) is 107 cm³/mol. The molecular formula is C19H18FN3O6S. The van der Waals surface area contributed by atoms with Crippen LogP contribution in [0.1, 0.15) is 5.56 Å². The Labute approximate surface area is 172 Å². The lowest BCUT2D eigenvalue weighted by atomic mass is 10.2. The zero-order chi connectivity index (χ0) is 21.7. The van der Waals surface area contributed by atoms with Crippen molar-refractivity contribution in [1.29, 1.82) is 0 Å². The van der Waals surface area contributed by atoms with Crippen molar-refractivity contribution in [3.63, 3.8) is 0 Å². The van der Waals surface area contributed by atoms with Crippen LogP contribution in [0.3, 0.4) is 0 Å². The van der Waals surface area contributed by atoms with E-state index in [-0.39, 0.29) is 16.3 Å². The summed E-state index contributed by atoms with van der Waals surface area (Å²) < 4.78 is 45.4. The van der Waals surface area contributed by atoms with Gasteiger partial charge in [-0.25, -0.2) is 12.8 Å². The third kappa shape index (κ3) is 5.06. The van der Waals surface area contributed by atoms with E-state index in [0.717, 1.165) is 24.3 Å². The Bertz CT molecular complexity index is 1080. The summed E-state index contributed by atoms with van der Waals surface area (Å²) in [5, 5.41) is 13.0. The highest BCUT2D eigenvalue weighted by atomic mass is 32.2. The molecule has 1 amide bonds. The summed E-state index contributed by atoms with van der Waals surface area (Å²) in [5.74, 6) is -1.50. The fraction of sp³-hybridized carbons (Fsp3) is 0.211. The van der Waals surface area contributed by atoms with Crippen molar-refractivity contribution in [2.45, 2.75) is 4.90 Å². The minimum atomic E-state index is -3.61. The van der Waals surface area contributed by atoms with Gasteiger partial charge in [-0.1, -0.05) is 12.1 Å². The average molecular weight is 435 g/mol. The molecule has 1 aliphatic heterocycles. The Hall–Kier alpha value is -3.15. The number of hydrogen-bond acceptors (Lipinski definition) is 6. The third-order valence-electron chi connectivity index (χ3n) is 4.33. The lowest BCUT2D eigenvalue weighted by Gasteiger charge is -2.26. The number of nitrogens with one attached hydrogen (secondary N) is 1. The number of rotatable bonds is 6. The molecule has 158 valence electrons. The van der Waals surface area contributed by atoms with Gasteiger partial charge >= 0.3 is 0 Å². The number of hydrogen-bond donors (Lipinski definition) is 1. The number of non-ortho nitro benzene ring substituents is 1. The Morgan fingerprint density at radius 2 is 1.83 bits per heavy atom. The van der Waals surface area contributed by atoms with E-state index in [1.54, 1.807) is 0 Å². The number of nitrogens with zero attached hydrogens (tertiary/aromatic N) is 2. The molecule has 2 aromatic rings. The number of carbonyl (C=O) groups is 1. The van der Waals surface area contributed by atoms with Crippen LogP contribution >= 0.6 is 0 Å². The lowest BCUT2D eigenvalue weighted by Crippen LogP contribution is -2.40. The Kier molecular flexibility index (Phi) is 6.55. The normalized spacial score (nSPS) is 15.2. The summed E-state index contributed by atoms with van der Waals surface area (Å²) in [5.41, 5.74) is -0.121. The van der Waals surface area contributed by atoms with E-state index in [2.05, 4.69) is 5.32 Å². The van der Waals surface area contributed by atoms with Crippen LogP contribution in [0.2, 0.25) is 0 Å². The quantitative estimate of drug-likeness (QED) is 0.423. The summed E-state index contributed by atoms with van der Waals surface area (Å²) >= 11 is 0. The molecule has 0 atom stereocenters. The molecule has 0 bridgehead atoms. The molecule has 0 unspecified atom stereocenters. The van der Waals surface area contributed by atoms with Gasteiger partial charge in [-0.3, -0.25) is 14.9 Å². The van der Waals surface area contributed by atoms with Gasteiger partial charge < -0.3 is 10.1 Å². The van der Waals surface area contributed by atoms with Crippen LogP contribution in [0.25, 0.3) is 6.08 Å². The van der Waals surface area contributed by atoms with Gasteiger partial charge in [-0.05, 0) is 29.8 Å². The van der Waals surface area contributed by atoms with Gasteiger partial charge in [0.1, 0.15) is 5.82 Å². The first-order valence-corrected chi connectivity index (χ1v) is 10.3. The van der Waals surface area contributed by atoms with Crippen molar-refractivity contribution in [2.24, 2.45) is 0 Å². The summed E-state index contributed by atoms with van der Waals surface area (Å²) in [6.45, 7) is 1.28. The number of benzene rings is 2. The number of morpholine rings is 1. The van der Waals surface area contributed by atoms with E-state index in [1.165, 1.54) is 34.6 Å². The summed E-state index contributed by atoms with van der Waals surface area (Å²) in [6.07, 6.45) is 2.53. The third-order valence-corrected chi connectivity index (χ3v) is 6.25. The van der Waals surface area contributed by atoms with Gasteiger partial charge in [-0.2, -0.15) is 4.31 Å². The van der Waals surface area contributed by atoms with Crippen molar-refractivity contribution < 1.29 is 27.3 Å². The molecule has 0 spiro atoms. The molecule has 0 radical (unpaired) electrons. The van der Waals surface area contributed by atoms with E-state index in [0.29, 0.717) is 31.9 Å². The maximum Gasteiger partial charge on any atom is 0.271 e. The molecule has 3 rings (SSSR count). The second-order valence-corrected chi connectivity index (χ2v) is 8.27. The van der Waals surface area contributed by atoms with Crippen LogP contribution in [-0.2, 0) is 19.6 Å². The Morgan fingerprint density at radius 1 is 1.17 bits per heavy atom. The first kappa shape index (κ1) is 21.6. The van der Waals surface area contributed by atoms with E-state index >= 15 is 0 Å². The Morgan fingerprint density at radius 3 is 2.47 bits per heavy atom. The first-order valence-electron chi connectivity index (χ1n) is 8.88.